The summed E-state index contributed by atoms with van der Waals surface area (Å²) in [7, 11) is 3.29. The molecule has 1 aromatic heterocycles. The second-order valence-corrected chi connectivity index (χ2v) is 6.71. The van der Waals surface area contributed by atoms with Crippen LogP contribution in [0.25, 0.3) is 0 Å². The summed E-state index contributed by atoms with van der Waals surface area (Å²) >= 11 is 11.9. The Morgan fingerprint density at radius 3 is 2.73 bits per heavy atom. The number of aromatic nitrogens is 1. The molecule has 0 aliphatic heterocycles. The lowest BCUT2D eigenvalue weighted by atomic mass is 10.2. The average Bonchev–Trinajstić information content (AvgIpc) is 2.65. The number of halogens is 1. The molecule has 0 fully saturated rings. The summed E-state index contributed by atoms with van der Waals surface area (Å²) in [5.41, 5.74) is 2.80. The Bertz CT molecular complexity index is 743. The first-order chi connectivity index (χ1) is 12.5. The zero-order valence-electron chi connectivity index (χ0n) is 15.5. The molecule has 0 aliphatic rings. The number of H-pyrrole nitrogens is 1. The van der Waals surface area contributed by atoms with E-state index in [4.69, 9.17) is 33.3 Å². The second-order valence-electron chi connectivity index (χ2n) is 5.91. The van der Waals surface area contributed by atoms with Gasteiger partial charge >= 0.3 is 0 Å². The highest BCUT2D eigenvalue weighted by Crippen LogP contribution is 2.31. The monoisotopic (exact) mass is 394 g/mol. The van der Waals surface area contributed by atoms with Crippen LogP contribution in [0.2, 0.25) is 5.02 Å². The lowest BCUT2D eigenvalue weighted by Gasteiger charge is -2.30. The lowest BCUT2D eigenvalue weighted by Crippen LogP contribution is -2.40. The largest absolute Gasteiger partial charge is 0.495 e. The van der Waals surface area contributed by atoms with Gasteiger partial charge in [-0.05, 0) is 37.7 Å². The van der Waals surface area contributed by atoms with Crippen molar-refractivity contribution < 1.29 is 14.5 Å². The van der Waals surface area contributed by atoms with E-state index in [2.05, 4.69) is 22.1 Å². The van der Waals surface area contributed by atoms with Gasteiger partial charge < -0.3 is 19.7 Å². The van der Waals surface area contributed by atoms with Gasteiger partial charge in [0.25, 0.3) is 0 Å². The van der Waals surface area contributed by atoms with E-state index in [0.717, 1.165) is 16.9 Å². The quantitative estimate of drug-likeness (QED) is 0.722. The average molecular weight is 395 g/mol. The summed E-state index contributed by atoms with van der Waals surface area (Å²) in [5.74, 6) is 0.647. The molecule has 0 spiro atoms. The number of ether oxygens (including phenoxy) is 2. The van der Waals surface area contributed by atoms with Crippen LogP contribution >= 0.6 is 23.8 Å². The zero-order valence-corrected chi connectivity index (χ0v) is 17.1. The van der Waals surface area contributed by atoms with Crippen LogP contribution in [0.4, 0.5) is 5.69 Å². The number of thiocarbonyl (C=S) groups is 1. The van der Waals surface area contributed by atoms with Crippen molar-refractivity contribution in [3.05, 3.63) is 52.8 Å². The summed E-state index contributed by atoms with van der Waals surface area (Å²) in [4.78, 5) is 5.35. The number of hydrogen-bond acceptors (Lipinski definition) is 3. The molecule has 0 radical (unpaired) electrons. The summed E-state index contributed by atoms with van der Waals surface area (Å²) in [5, 5.41) is 4.54. The van der Waals surface area contributed by atoms with E-state index < -0.39 is 0 Å². The minimum atomic E-state index is 0.0470. The number of methoxy groups -OCH3 is 2. The van der Waals surface area contributed by atoms with Crippen molar-refractivity contribution in [3.63, 3.8) is 0 Å². The first-order valence-corrected chi connectivity index (χ1v) is 9.13. The standard InChI is InChI=1S/C19H24ClN3O2S/c1-13-11-17(18(25-4)12-15(13)20)22-19(26)23(9-10-24-3)14(2)16-7-5-6-8-21-16/h5-8,11-12,14H,9-10H2,1-4H3,(H,22,26)/p+1. The van der Waals surface area contributed by atoms with Crippen molar-refractivity contribution in [2.75, 3.05) is 32.7 Å². The summed E-state index contributed by atoms with van der Waals surface area (Å²) in [6, 6.07) is 9.76. The first-order valence-electron chi connectivity index (χ1n) is 8.35. The molecular weight excluding hydrogens is 370 g/mol. The third kappa shape index (κ3) is 5.06. The maximum Gasteiger partial charge on any atom is 0.202 e. The Kier molecular flexibility index (Phi) is 7.63. The molecule has 2 rings (SSSR count). The number of anilines is 1. The number of hydrogen-bond donors (Lipinski definition) is 1. The molecule has 0 amide bonds. The van der Waals surface area contributed by atoms with Crippen LogP contribution in [0, 0.1) is 6.92 Å². The molecule has 140 valence electrons. The molecule has 0 saturated carbocycles. The van der Waals surface area contributed by atoms with E-state index in [1.165, 1.54) is 0 Å². The molecule has 1 atom stereocenters. The van der Waals surface area contributed by atoms with Crippen LogP contribution in [-0.2, 0) is 4.74 Å². The van der Waals surface area contributed by atoms with E-state index >= 15 is 0 Å². The van der Waals surface area contributed by atoms with Crippen LogP contribution < -0.4 is 15.0 Å². The van der Waals surface area contributed by atoms with Crippen molar-refractivity contribution in [2.24, 2.45) is 0 Å². The molecule has 0 aliphatic carbocycles. The van der Waals surface area contributed by atoms with Crippen molar-refractivity contribution in [1.82, 2.24) is 4.90 Å². The van der Waals surface area contributed by atoms with Crippen LogP contribution in [-0.4, -0.2) is 37.4 Å². The third-order valence-corrected chi connectivity index (χ3v) is 4.91. The normalized spacial score (nSPS) is 11.7. The van der Waals surface area contributed by atoms with Crippen LogP contribution in [0.3, 0.4) is 0 Å². The molecule has 1 unspecified atom stereocenters. The Morgan fingerprint density at radius 1 is 1.35 bits per heavy atom. The van der Waals surface area contributed by atoms with E-state index in [0.29, 0.717) is 29.0 Å². The van der Waals surface area contributed by atoms with Crippen molar-refractivity contribution in [1.29, 1.82) is 0 Å². The number of benzene rings is 1. The minimum Gasteiger partial charge on any atom is -0.495 e. The van der Waals surface area contributed by atoms with Crippen LogP contribution in [0.5, 0.6) is 5.75 Å². The van der Waals surface area contributed by atoms with Crippen LogP contribution in [0.15, 0.2) is 36.5 Å². The van der Waals surface area contributed by atoms with E-state index in [1.807, 2.05) is 37.4 Å². The number of nitrogens with one attached hydrogen (secondary N) is 2. The predicted molar refractivity (Wildman–Crippen MR) is 109 cm³/mol. The number of rotatable bonds is 7. The molecule has 0 saturated heterocycles. The van der Waals surface area contributed by atoms with Crippen molar-refractivity contribution >= 4 is 34.6 Å². The van der Waals surface area contributed by atoms with Gasteiger partial charge in [-0.15, -0.1) is 0 Å². The lowest BCUT2D eigenvalue weighted by molar-refractivity contribution is -0.395. The van der Waals surface area contributed by atoms with Crippen molar-refractivity contribution in [3.8, 4) is 5.75 Å². The van der Waals surface area contributed by atoms with Gasteiger partial charge in [-0.2, -0.15) is 0 Å². The van der Waals surface area contributed by atoms with Gasteiger partial charge in [-0.1, -0.05) is 17.7 Å². The SMILES string of the molecule is COCCN(C(=S)Nc1cc(C)c(Cl)cc1OC)C(C)c1cccc[nH+]1. The van der Waals surface area contributed by atoms with Gasteiger partial charge in [0.15, 0.2) is 11.3 Å². The second kappa shape index (κ2) is 9.71. The van der Waals surface area contributed by atoms with E-state index in [-0.39, 0.29) is 6.04 Å². The zero-order chi connectivity index (χ0) is 19.1. The van der Waals surface area contributed by atoms with Crippen molar-refractivity contribution in [2.45, 2.75) is 19.9 Å². The minimum absolute atomic E-state index is 0.0470. The molecular formula is C19H25ClN3O2S+. The molecule has 1 heterocycles. The number of nitrogens with zero attached hydrogens (tertiary/aromatic N) is 1. The van der Waals surface area contributed by atoms with Gasteiger partial charge in [0.2, 0.25) is 5.69 Å². The van der Waals surface area contributed by atoms with Gasteiger partial charge in [0.05, 0.1) is 19.4 Å². The Morgan fingerprint density at radius 2 is 2.12 bits per heavy atom. The maximum absolute atomic E-state index is 6.19. The number of aryl methyl sites for hydroxylation is 1. The molecule has 2 N–H and O–H groups in total. The fourth-order valence-corrected chi connectivity index (χ4v) is 3.13. The summed E-state index contributed by atoms with van der Waals surface area (Å²) < 4.78 is 10.7. The van der Waals surface area contributed by atoms with Crippen LogP contribution in [0.1, 0.15) is 24.2 Å². The van der Waals surface area contributed by atoms with Gasteiger partial charge in [-0.25, -0.2) is 4.98 Å². The highest BCUT2D eigenvalue weighted by Gasteiger charge is 2.23. The van der Waals surface area contributed by atoms with Gasteiger partial charge in [0, 0.05) is 36.9 Å². The fourth-order valence-electron chi connectivity index (χ4n) is 2.61. The molecule has 0 bridgehead atoms. The molecule has 1 aromatic carbocycles. The van der Waals surface area contributed by atoms with Gasteiger partial charge in [0.1, 0.15) is 11.8 Å². The highest BCUT2D eigenvalue weighted by atomic mass is 35.5. The first kappa shape index (κ1) is 20.4. The molecule has 5 nitrogen and oxygen atoms in total. The summed E-state index contributed by atoms with van der Waals surface area (Å²) in [6.07, 6.45) is 1.91. The Labute approximate surface area is 165 Å². The topological polar surface area (TPSA) is 47.9 Å². The Hall–Kier alpha value is -1.89. The smallest absolute Gasteiger partial charge is 0.202 e. The fraction of sp³-hybridized carbons (Fsp3) is 0.368. The molecule has 2 aromatic rings. The highest BCUT2D eigenvalue weighted by molar-refractivity contribution is 7.80. The number of aromatic amines is 1. The maximum atomic E-state index is 6.19. The van der Waals surface area contributed by atoms with E-state index in [9.17, 15) is 0 Å². The summed E-state index contributed by atoms with van der Waals surface area (Å²) in [6.45, 7) is 5.26. The number of pyridine rings is 1. The predicted octanol–water partition coefficient (Wildman–Crippen LogP) is 3.88. The van der Waals surface area contributed by atoms with Gasteiger partial charge in [-0.3, -0.25) is 0 Å². The third-order valence-electron chi connectivity index (χ3n) is 4.17. The Balaban J connectivity index is 2.26. The van der Waals surface area contributed by atoms with E-state index in [1.54, 1.807) is 20.3 Å². The molecule has 7 heteroatoms. The molecule has 26 heavy (non-hydrogen) atoms.